The molecule has 8 nitrogen and oxygen atoms in total. The molecule has 0 amide bonds. The van der Waals surface area contributed by atoms with Gasteiger partial charge in [0.1, 0.15) is 0 Å². The minimum atomic E-state index is -0.911. The SMILES string of the molecule is CCOC(=O)COC(=O)C=CC(=O)OCC(=O)OCC. The molecule has 0 unspecified atom stereocenters. The first-order valence-electron chi connectivity index (χ1n) is 5.82. The third kappa shape index (κ3) is 9.63. The van der Waals surface area contributed by atoms with Gasteiger partial charge in [-0.25, -0.2) is 19.2 Å². The fourth-order valence-corrected chi connectivity index (χ4v) is 0.898. The third-order valence-electron chi connectivity index (χ3n) is 1.63. The second kappa shape index (κ2) is 10.5. The van der Waals surface area contributed by atoms with Gasteiger partial charge in [-0.1, -0.05) is 0 Å². The van der Waals surface area contributed by atoms with Crippen LogP contribution >= 0.6 is 0 Å². The molecule has 0 fully saturated rings. The van der Waals surface area contributed by atoms with E-state index < -0.39 is 37.1 Å². The van der Waals surface area contributed by atoms with Crippen molar-refractivity contribution < 1.29 is 38.1 Å². The van der Waals surface area contributed by atoms with E-state index in [1.807, 2.05) is 0 Å². The fraction of sp³-hybridized carbons (Fsp3) is 0.500. The van der Waals surface area contributed by atoms with Crippen molar-refractivity contribution in [1.29, 1.82) is 0 Å². The summed E-state index contributed by atoms with van der Waals surface area (Å²) < 4.78 is 18.0. The summed E-state index contributed by atoms with van der Waals surface area (Å²) in [5.41, 5.74) is 0. The van der Waals surface area contributed by atoms with Crippen LogP contribution in [0.4, 0.5) is 0 Å². The quantitative estimate of drug-likeness (QED) is 0.342. The van der Waals surface area contributed by atoms with E-state index in [1.54, 1.807) is 13.8 Å². The fourth-order valence-electron chi connectivity index (χ4n) is 0.898. The van der Waals surface area contributed by atoms with Crippen LogP contribution in [0, 0.1) is 0 Å². The summed E-state index contributed by atoms with van der Waals surface area (Å²) in [5, 5.41) is 0. The molecule has 0 bridgehead atoms. The molecule has 0 heterocycles. The predicted molar refractivity (Wildman–Crippen MR) is 64.3 cm³/mol. The predicted octanol–water partition coefficient (Wildman–Crippen LogP) is -0.245. The number of ether oxygens (including phenoxy) is 4. The minimum absolute atomic E-state index is 0.173. The zero-order valence-electron chi connectivity index (χ0n) is 11.2. The van der Waals surface area contributed by atoms with E-state index in [0.29, 0.717) is 0 Å². The van der Waals surface area contributed by atoms with Gasteiger partial charge < -0.3 is 18.9 Å². The molecule has 112 valence electrons. The Morgan fingerprint density at radius 3 is 1.35 bits per heavy atom. The Kier molecular flexibility index (Phi) is 9.28. The van der Waals surface area contributed by atoms with Crippen molar-refractivity contribution in [2.45, 2.75) is 13.8 Å². The molecular weight excluding hydrogens is 272 g/mol. The second-order valence-corrected chi connectivity index (χ2v) is 3.16. The molecule has 0 aliphatic heterocycles. The van der Waals surface area contributed by atoms with Crippen molar-refractivity contribution in [2.24, 2.45) is 0 Å². The lowest BCUT2D eigenvalue weighted by atomic mass is 10.5. The van der Waals surface area contributed by atoms with Crippen LogP contribution in [0.2, 0.25) is 0 Å². The van der Waals surface area contributed by atoms with Crippen LogP contribution in [-0.2, 0) is 38.1 Å². The summed E-state index contributed by atoms with van der Waals surface area (Å²) in [6, 6.07) is 0. The molecule has 0 saturated carbocycles. The number of esters is 4. The van der Waals surface area contributed by atoms with Crippen LogP contribution < -0.4 is 0 Å². The highest BCUT2D eigenvalue weighted by atomic mass is 16.6. The molecule has 0 rings (SSSR count). The van der Waals surface area contributed by atoms with Crippen molar-refractivity contribution in [2.75, 3.05) is 26.4 Å². The molecular formula is C12H16O8. The van der Waals surface area contributed by atoms with Gasteiger partial charge in [-0.15, -0.1) is 0 Å². The molecule has 8 heteroatoms. The summed E-state index contributed by atoms with van der Waals surface area (Å²) in [6.45, 7) is 2.47. The molecule has 0 spiro atoms. The summed E-state index contributed by atoms with van der Waals surface area (Å²) >= 11 is 0. The third-order valence-corrected chi connectivity index (χ3v) is 1.63. The Morgan fingerprint density at radius 1 is 0.700 bits per heavy atom. The van der Waals surface area contributed by atoms with Gasteiger partial charge in [-0.2, -0.15) is 0 Å². The van der Waals surface area contributed by atoms with Crippen LogP contribution in [0.1, 0.15) is 13.8 Å². The molecule has 0 radical (unpaired) electrons. The Morgan fingerprint density at radius 2 is 1.05 bits per heavy atom. The molecule has 0 saturated heterocycles. The maximum atomic E-state index is 11.1. The van der Waals surface area contributed by atoms with Gasteiger partial charge in [0.2, 0.25) is 0 Å². The monoisotopic (exact) mass is 288 g/mol. The molecule has 0 aliphatic rings. The van der Waals surface area contributed by atoms with E-state index in [-0.39, 0.29) is 13.2 Å². The zero-order valence-corrected chi connectivity index (χ0v) is 11.2. The smallest absolute Gasteiger partial charge is 0.344 e. The Labute approximate surface area is 115 Å². The van der Waals surface area contributed by atoms with Crippen molar-refractivity contribution in [3.8, 4) is 0 Å². The molecule has 0 N–H and O–H groups in total. The average Bonchev–Trinajstić information content (AvgIpc) is 2.41. The number of carbonyl (C=O) groups is 4. The van der Waals surface area contributed by atoms with Crippen LogP contribution in [0.15, 0.2) is 12.2 Å². The van der Waals surface area contributed by atoms with Crippen LogP contribution in [0.25, 0.3) is 0 Å². The van der Waals surface area contributed by atoms with E-state index in [2.05, 4.69) is 18.9 Å². The summed E-state index contributed by atoms with van der Waals surface area (Å²) in [4.78, 5) is 43.9. The number of hydrogen-bond acceptors (Lipinski definition) is 8. The normalized spacial score (nSPS) is 9.90. The zero-order chi connectivity index (χ0) is 15.4. The Balaban J connectivity index is 3.91. The van der Waals surface area contributed by atoms with Crippen LogP contribution in [0.3, 0.4) is 0 Å². The van der Waals surface area contributed by atoms with E-state index in [1.165, 1.54) is 0 Å². The number of carbonyl (C=O) groups excluding carboxylic acids is 4. The Hall–Kier alpha value is -2.38. The number of rotatable bonds is 8. The molecule has 0 aromatic rings. The average molecular weight is 288 g/mol. The number of hydrogen-bond donors (Lipinski definition) is 0. The van der Waals surface area contributed by atoms with Gasteiger partial charge in [0.25, 0.3) is 0 Å². The standard InChI is InChI=1S/C12H16O8/c1-3-17-11(15)7-19-9(13)5-6-10(14)20-8-12(16)18-4-2/h5-6H,3-4,7-8H2,1-2H3. The highest BCUT2D eigenvalue weighted by Crippen LogP contribution is 1.89. The molecule has 0 aliphatic carbocycles. The lowest BCUT2D eigenvalue weighted by Crippen LogP contribution is -2.16. The molecule has 0 aromatic heterocycles. The van der Waals surface area contributed by atoms with E-state index in [0.717, 1.165) is 12.2 Å². The van der Waals surface area contributed by atoms with Crippen molar-refractivity contribution in [3.05, 3.63) is 12.2 Å². The van der Waals surface area contributed by atoms with E-state index >= 15 is 0 Å². The lowest BCUT2D eigenvalue weighted by Gasteiger charge is -2.02. The second-order valence-electron chi connectivity index (χ2n) is 3.16. The van der Waals surface area contributed by atoms with Crippen LogP contribution in [-0.4, -0.2) is 50.3 Å². The van der Waals surface area contributed by atoms with Gasteiger partial charge in [0.05, 0.1) is 13.2 Å². The highest BCUT2D eigenvalue weighted by Gasteiger charge is 2.08. The van der Waals surface area contributed by atoms with Crippen molar-refractivity contribution in [1.82, 2.24) is 0 Å². The van der Waals surface area contributed by atoms with Gasteiger partial charge in [-0.3, -0.25) is 0 Å². The maximum absolute atomic E-state index is 11.1. The van der Waals surface area contributed by atoms with Crippen LogP contribution in [0.5, 0.6) is 0 Å². The van der Waals surface area contributed by atoms with E-state index in [4.69, 9.17) is 0 Å². The first-order chi connectivity index (χ1) is 9.49. The highest BCUT2D eigenvalue weighted by molar-refractivity contribution is 5.93. The molecule has 0 atom stereocenters. The van der Waals surface area contributed by atoms with Gasteiger partial charge >= 0.3 is 23.9 Å². The largest absolute Gasteiger partial charge is 0.463 e. The topological polar surface area (TPSA) is 105 Å². The van der Waals surface area contributed by atoms with Gasteiger partial charge in [0, 0.05) is 12.2 Å². The molecule has 0 aromatic carbocycles. The van der Waals surface area contributed by atoms with E-state index in [9.17, 15) is 19.2 Å². The minimum Gasteiger partial charge on any atom is -0.463 e. The van der Waals surface area contributed by atoms with Gasteiger partial charge in [-0.05, 0) is 13.8 Å². The molecule has 20 heavy (non-hydrogen) atoms. The summed E-state index contributed by atoms with van der Waals surface area (Å²) in [5.74, 6) is -3.21. The summed E-state index contributed by atoms with van der Waals surface area (Å²) in [7, 11) is 0. The van der Waals surface area contributed by atoms with Crippen molar-refractivity contribution in [3.63, 3.8) is 0 Å². The maximum Gasteiger partial charge on any atom is 0.344 e. The van der Waals surface area contributed by atoms with Gasteiger partial charge in [0.15, 0.2) is 13.2 Å². The first-order valence-corrected chi connectivity index (χ1v) is 5.82. The Bertz CT molecular complexity index is 349. The first kappa shape index (κ1) is 17.6. The summed E-state index contributed by atoms with van der Waals surface area (Å²) in [6.07, 6.45) is 1.54. The van der Waals surface area contributed by atoms with Crippen molar-refractivity contribution >= 4 is 23.9 Å². The lowest BCUT2D eigenvalue weighted by molar-refractivity contribution is -0.156.